The van der Waals surface area contributed by atoms with Crippen molar-refractivity contribution in [2.75, 3.05) is 40.9 Å². The van der Waals surface area contributed by atoms with Crippen LogP contribution in [0.5, 0.6) is 0 Å². The molecule has 3 unspecified atom stereocenters. The quantitative estimate of drug-likeness (QED) is 0.0212. The number of allylic oxidation sites excluding steroid dienone is 19. The Bertz CT molecular complexity index is 1730. The van der Waals surface area contributed by atoms with Crippen LogP contribution in [-0.4, -0.2) is 69.4 Å². The highest BCUT2D eigenvalue weighted by molar-refractivity contribution is 7.45. The zero-order valence-corrected chi connectivity index (χ0v) is 51.0. The van der Waals surface area contributed by atoms with Gasteiger partial charge >= 0.3 is 5.97 Å². The number of likely N-dealkylation sites (N-methyl/N-ethyl adjacent to an activating group) is 1. The van der Waals surface area contributed by atoms with Crippen LogP contribution in [0, 0.1) is 0 Å². The Morgan fingerprint density at radius 2 is 0.831 bits per heavy atom. The third kappa shape index (κ3) is 56.9. The molecule has 0 radical (unpaired) electrons. The van der Waals surface area contributed by atoms with Crippen LogP contribution in [-0.2, 0) is 27.9 Å². The van der Waals surface area contributed by atoms with Crippen molar-refractivity contribution in [1.29, 1.82) is 0 Å². The number of amides is 1. The number of phosphoric acid groups is 1. The molecule has 0 aromatic carbocycles. The van der Waals surface area contributed by atoms with Gasteiger partial charge in [-0.15, -0.1) is 0 Å². The van der Waals surface area contributed by atoms with E-state index < -0.39 is 26.6 Å². The lowest BCUT2D eigenvalue weighted by Crippen LogP contribution is -2.47. The van der Waals surface area contributed by atoms with Crippen molar-refractivity contribution in [3.05, 3.63) is 122 Å². The summed E-state index contributed by atoms with van der Waals surface area (Å²) < 4.78 is 30.2. The number of unbranched alkanes of at least 4 members (excludes halogenated alkanes) is 20. The average Bonchev–Trinajstić information content (AvgIpc) is 3.39. The molecule has 1 amide bonds. The third-order valence-electron chi connectivity index (χ3n) is 12.9. The van der Waals surface area contributed by atoms with Gasteiger partial charge < -0.3 is 28.5 Å². The highest BCUT2D eigenvalue weighted by Gasteiger charge is 2.27. The van der Waals surface area contributed by atoms with Gasteiger partial charge in [-0.1, -0.05) is 226 Å². The molecule has 0 bridgehead atoms. The molecule has 440 valence electrons. The van der Waals surface area contributed by atoms with Crippen LogP contribution in [0.2, 0.25) is 0 Å². The normalized spacial score (nSPS) is 14.5. The fourth-order valence-corrected chi connectivity index (χ4v) is 8.84. The van der Waals surface area contributed by atoms with E-state index in [0.29, 0.717) is 23.9 Å². The minimum absolute atomic E-state index is 0.0387. The fourth-order valence-electron chi connectivity index (χ4n) is 8.12. The summed E-state index contributed by atoms with van der Waals surface area (Å²) in [6.07, 6.45) is 77.4. The third-order valence-corrected chi connectivity index (χ3v) is 13.8. The summed E-state index contributed by atoms with van der Waals surface area (Å²) >= 11 is 0. The minimum Gasteiger partial charge on any atom is -0.756 e. The summed E-state index contributed by atoms with van der Waals surface area (Å²) in [6.45, 7) is 6.64. The molecule has 1 N–H and O–H groups in total. The molecule has 0 saturated heterocycles. The number of quaternary nitrogens is 1. The molecule has 0 spiro atoms. The SMILES string of the molecule is CC/C=C\C/C=C\C/C=C\C/C=C\C/C=C\CCCCCC(=O)OC(/C=C/CCCCCCCCCCC)C(COP(=O)([O-])OCC[N+](C)(C)C)NC(=O)CCCCCCC/C=C\C/C=C\C/C=C\C/C=C\CCCCC. The molecule has 0 saturated carbocycles. The summed E-state index contributed by atoms with van der Waals surface area (Å²) in [6, 6.07) is -0.921. The first-order valence-electron chi connectivity index (χ1n) is 30.8. The predicted molar refractivity (Wildman–Crippen MR) is 330 cm³/mol. The maximum Gasteiger partial charge on any atom is 0.306 e. The van der Waals surface area contributed by atoms with Gasteiger partial charge in [-0.2, -0.15) is 0 Å². The summed E-state index contributed by atoms with van der Waals surface area (Å²) in [5.41, 5.74) is 0. The second-order valence-corrected chi connectivity index (χ2v) is 22.9. The van der Waals surface area contributed by atoms with E-state index in [4.69, 9.17) is 13.8 Å². The van der Waals surface area contributed by atoms with E-state index in [2.05, 4.69) is 135 Å². The number of hydrogen-bond acceptors (Lipinski definition) is 7. The molecule has 0 heterocycles. The van der Waals surface area contributed by atoms with Gasteiger partial charge in [0, 0.05) is 12.8 Å². The number of rotatable bonds is 54. The Hall–Kier alpha value is -3.59. The summed E-state index contributed by atoms with van der Waals surface area (Å²) in [7, 11) is 1.13. The monoisotopic (exact) mass is 1090 g/mol. The summed E-state index contributed by atoms with van der Waals surface area (Å²) in [5.74, 6) is -0.609. The number of carbonyl (C=O) groups excluding carboxylic acids is 2. The van der Waals surface area contributed by atoms with Crippen molar-refractivity contribution in [3.63, 3.8) is 0 Å². The molecule has 0 aromatic rings. The van der Waals surface area contributed by atoms with Crippen molar-refractivity contribution in [2.45, 2.75) is 251 Å². The van der Waals surface area contributed by atoms with Crippen LogP contribution < -0.4 is 10.2 Å². The average molecular weight is 1090 g/mol. The molecule has 3 atom stereocenters. The molecular formula is C67H115N2O7P. The Morgan fingerprint density at radius 3 is 1.29 bits per heavy atom. The van der Waals surface area contributed by atoms with Crippen LogP contribution in [0.3, 0.4) is 0 Å². The summed E-state index contributed by atoms with van der Waals surface area (Å²) in [5, 5.41) is 3.00. The van der Waals surface area contributed by atoms with Gasteiger partial charge in [-0.05, 0) is 122 Å². The number of esters is 1. The Balaban J connectivity index is 5.34. The van der Waals surface area contributed by atoms with E-state index >= 15 is 0 Å². The molecule has 0 aliphatic rings. The minimum atomic E-state index is -4.72. The fraction of sp³-hybridized carbons (Fsp3) is 0.672. The summed E-state index contributed by atoms with van der Waals surface area (Å²) in [4.78, 5) is 40.0. The van der Waals surface area contributed by atoms with Crippen LogP contribution in [0.25, 0.3) is 0 Å². The first kappa shape index (κ1) is 73.4. The maximum atomic E-state index is 13.5. The van der Waals surface area contributed by atoms with Crippen LogP contribution in [0.1, 0.15) is 239 Å². The number of phosphoric ester groups is 1. The standard InChI is InChI=1S/C67H115N2O7P/c1-7-10-13-16-19-22-25-27-29-31-33-34-36-37-39-41-44-47-50-53-56-59-66(70)68-64(63-75-77(72,73)74-62-61-69(4,5)6)65(58-55-52-49-46-43-24-21-18-15-12-9-3)76-67(71)60-57-54-51-48-45-42-40-38-35-32-30-28-26-23-20-17-14-11-8-2/h11,14,19-20,22-23,27-30,33-35,37-39,42,45,55,58,64-65H,7-10,12-13,15-18,21,24-26,31-32,36,40-41,43-44,46-54,56-57,59-63H2,1-6H3,(H-,68,70,72,73)/b14-11-,22-19-,23-20-,29-27-,30-28-,34-33-,38-35-,39-37-,45-42-,58-55+. The van der Waals surface area contributed by atoms with E-state index in [0.717, 1.165) is 122 Å². The van der Waals surface area contributed by atoms with Gasteiger partial charge in [0.1, 0.15) is 19.3 Å². The number of nitrogens with one attached hydrogen (secondary N) is 1. The van der Waals surface area contributed by atoms with E-state index in [1.54, 1.807) is 0 Å². The zero-order chi connectivity index (χ0) is 56.4. The van der Waals surface area contributed by atoms with Gasteiger partial charge in [0.2, 0.25) is 5.91 Å². The van der Waals surface area contributed by atoms with Gasteiger partial charge in [-0.3, -0.25) is 14.2 Å². The van der Waals surface area contributed by atoms with Gasteiger partial charge in [-0.25, -0.2) is 0 Å². The van der Waals surface area contributed by atoms with Gasteiger partial charge in [0.25, 0.3) is 7.82 Å². The lowest BCUT2D eigenvalue weighted by atomic mass is 10.1. The second kappa shape index (κ2) is 55.7. The van der Waals surface area contributed by atoms with Gasteiger partial charge in [0.05, 0.1) is 33.8 Å². The van der Waals surface area contributed by atoms with Crippen molar-refractivity contribution < 1.29 is 37.3 Å². The Morgan fingerprint density at radius 1 is 0.468 bits per heavy atom. The maximum absolute atomic E-state index is 13.5. The molecule has 77 heavy (non-hydrogen) atoms. The van der Waals surface area contributed by atoms with Crippen molar-refractivity contribution in [2.24, 2.45) is 0 Å². The number of ether oxygens (including phenoxy) is 1. The van der Waals surface area contributed by atoms with Crippen LogP contribution >= 0.6 is 7.82 Å². The molecule has 9 nitrogen and oxygen atoms in total. The molecule has 10 heteroatoms. The highest BCUT2D eigenvalue weighted by Crippen LogP contribution is 2.38. The van der Waals surface area contributed by atoms with E-state index in [9.17, 15) is 19.0 Å². The first-order valence-corrected chi connectivity index (χ1v) is 32.3. The Labute approximate surface area is 473 Å². The van der Waals surface area contributed by atoms with E-state index in [1.807, 2.05) is 33.3 Å². The number of nitrogens with zero attached hydrogens (tertiary/aromatic N) is 1. The van der Waals surface area contributed by atoms with Crippen LogP contribution in [0.4, 0.5) is 0 Å². The molecule has 0 aromatic heterocycles. The predicted octanol–water partition coefficient (Wildman–Crippen LogP) is 18.5. The topological polar surface area (TPSA) is 114 Å². The lowest BCUT2D eigenvalue weighted by Gasteiger charge is -2.30. The molecule has 0 fully saturated rings. The van der Waals surface area contributed by atoms with E-state index in [1.165, 1.54) is 70.6 Å². The Kier molecular flexibility index (Phi) is 53.1. The van der Waals surface area contributed by atoms with Crippen molar-refractivity contribution in [1.82, 2.24) is 5.32 Å². The zero-order valence-electron chi connectivity index (χ0n) is 50.1. The van der Waals surface area contributed by atoms with Gasteiger partial charge in [0.15, 0.2) is 0 Å². The molecule has 0 rings (SSSR count). The highest BCUT2D eigenvalue weighted by atomic mass is 31.2. The first-order chi connectivity index (χ1) is 37.4. The van der Waals surface area contributed by atoms with Crippen molar-refractivity contribution in [3.8, 4) is 0 Å². The smallest absolute Gasteiger partial charge is 0.306 e. The van der Waals surface area contributed by atoms with Crippen molar-refractivity contribution >= 4 is 19.7 Å². The number of hydrogen-bond donors (Lipinski definition) is 1. The van der Waals surface area contributed by atoms with E-state index in [-0.39, 0.29) is 31.3 Å². The molecular weight excluding hydrogens is 976 g/mol. The second-order valence-electron chi connectivity index (χ2n) is 21.5. The van der Waals surface area contributed by atoms with Crippen LogP contribution in [0.15, 0.2) is 122 Å². The largest absolute Gasteiger partial charge is 0.756 e. The lowest BCUT2D eigenvalue weighted by molar-refractivity contribution is -0.870. The molecule has 0 aliphatic heterocycles. The molecule has 0 aliphatic carbocycles. The number of carbonyl (C=O) groups is 2.